The standard InChI is InChI=1S/C27H26FN3O2/c1-18(2)17-30(26(32)20-10-9-11-21(28)16-20)19(3)25-29-24-15-8-7-14-23(24)27(33)31(25)22-12-5-4-6-13-22/h4-16,18-19H,17H2,1-3H3. The first-order valence-electron chi connectivity index (χ1n) is 11.0. The Morgan fingerprint density at radius 2 is 1.67 bits per heavy atom. The Balaban J connectivity index is 1.91. The van der Waals surface area contributed by atoms with Crippen LogP contribution in [0, 0.1) is 11.7 Å². The molecule has 0 fully saturated rings. The van der Waals surface area contributed by atoms with Crippen molar-refractivity contribution in [2.75, 3.05) is 6.54 Å². The zero-order valence-electron chi connectivity index (χ0n) is 18.9. The van der Waals surface area contributed by atoms with Gasteiger partial charge >= 0.3 is 0 Å². The van der Waals surface area contributed by atoms with Gasteiger partial charge in [0.05, 0.1) is 22.6 Å². The number of benzene rings is 3. The number of fused-ring (bicyclic) bond motifs is 1. The molecule has 1 heterocycles. The van der Waals surface area contributed by atoms with E-state index in [2.05, 4.69) is 0 Å². The lowest BCUT2D eigenvalue weighted by molar-refractivity contribution is 0.0654. The van der Waals surface area contributed by atoms with E-state index in [4.69, 9.17) is 4.98 Å². The molecule has 0 saturated heterocycles. The summed E-state index contributed by atoms with van der Waals surface area (Å²) in [6, 6.07) is 21.6. The summed E-state index contributed by atoms with van der Waals surface area (Å²) in [5, 5.41) is 0.504. The number of rotatable bonds is 6. The van der Waals surface area contributed by atoms with Gasteiger partial charge in [-0.2, -0.15) is 0 Å². The van der Waals surface area contributed by atoms with Gasteiger partial charge in [-0.3, -0.25) is 14.2 Å². The molecule has 0 saturated carbocycles. The van der Waals surface area contributed by atoms with Crippen LogP contribution in [0.2, 0.25) is 0 Å². The number of carbonyl (C=O) groups is 1. The molecule has 33 heavy (non-hydrogen) atoms. The van der Waals surface area contributed by atoms with Crippen molar-refractivity contribution in [3.63, 3.8) is 0 Å². The third kappa shape index (κ3) is 4.55. The molecule has 0 radical (unpaired) electrons. The summed E-state index contributed by atoms with van der Waals surface area (Å²) in [6.45, 7) is 6.30. The molecule has 1 atom stereocenters. The Hall–Kier alpha value is -3.80. The van der Waals surface area contributed by atoms with E-state index in [0.29, 0.717) is 29.0 Å². The molecule has 4 rings (SSSR count). The van der Waals surface area contributed by atoms with E-state index in [0.717, 1.165) is 0 Å². The summed E-state index contributed by atoms with van der Waals surface area (Å²) in [5.41, 5.74) is 1.30. The quantitative estimate of drug-likeness (QED) is 0.402. The van der Waals surface area contributed by atoms with E-state index >= 15 is 0 Å². The van der Waals surface area contributed by atoms with Crippen molar-refractivity contribution in [2.45, 2.75) is 26.8 Å². The van der Waals surface area contributed by atoms with Crippen molar-refractivity contribution in [3.05, 3.63) is 106 Å². The molecule has 0 aliphatic rings. The normalized spacial score (nSPS) is 12.2. The van der Waals surface area contributed by atoms with Crippen LogP contribution in [0.5, 0.6) is 0 Å². The largest absolute Gasteiger partial charge is 0.328 e. The number of amides is 1. The van der Waals surface area contributed by atoms with Gasteiger partial charge in [0.15, 0.2) is 0 Å². The second kappa shape index (κ2) is 9.36. The predicted octanol–water partition coefficient (Wildman–Crippen LogP) is 5.38. The highest BCUT2D eigenvalue weighted by Crippen LogP contribution is 2.25. The number of hydrogen-bond donors (Lipinski definition) is 0. The molecule has 1 unspecified atom stereocenters. The first-order valence-corrected chi connectivity index (χ1v) is 11.0. The van der Waals surface area contributed by atoms with E-state index in [1.807, 2.05) is 63.2 Å². The highest BCUT2D eigenvalue weighted by Gasteiger charge is 2.28. The minimum Gasteiger partial charge on any atom is -0.328 e. The van der Waals surface area contributed by atoms with Crippen molar-refractivity contribution in [2.24, 2.45) is 5.92 Å². The molecule has 1 amide bonds. The minimum absolute atomic E-state index is 0.155. The van der Waals surface area contributed by atoms with Crippen molar-refractivity contribution < 1.29 is 9.18 Å². The fraction of sp³-hybridized carbons (Fsp3) is 0.222. The molecule has 0 bridgehead atoms. The van der Waals surface area contributed by atoms with Crippen molar-refractivity contribution >= 4 is 16.8 Å². The summed E-state index contributed by atoms with van der Waals surface area (Å²) in [6.07, 6.45) is 0. The SMILES string of the molecule is CC(C)CN(C(=O)c1cccc(F)c1)C(C)c1nc2ccccc2c(=O)n1-c1ccccc1. The van der Waals surface area contributed by atoms with E-state index in [1.54, 1.807) is 27.7 Å². The zero-order chi connectivity index (χ0) is 23.5. The molecule has 3 aromatic carbocycles. The highest BCUT2D eigenvalue weighted by atomic mass is 19.1. The third-order valence-corrected chi connectivity index (χ3v) is 5.55. The van der Waals surface area contributed by atoms with E-state index < -0.39 is 11.9 Å². The molecule has 0 aliphatic carbocycles. The number of para-hydroxylation sites is 2. The summed E-state index contributed by atoms with van der Waals surface area (Å²) < 4.78 is 15.4. The lowest BCUT2D eigenvalue weighted by Crippen LogP contribution is -2.39. The van der Waals surface area contributed by atoms with Crippen molar-refractivity contribution in [3.8, 4) is 5.69 Å². The number of carbonyl (C=O) groups excluding carboxylic acids is 1. The average molecular weight is 444 g/mol. The van der Waals surface area contributed by atoms with E-state index in [-0.39, 0.29) is 22.9 Å². The molecular weight excluding hydrogens is 417 g/mol. The van der Waals surface area contributed by atoms with Crippen LogP contribution >= 0.6 is 0 Å². The van der Waals surface area contributed by atoms with Gasteiger partial charge < -0.3 is 4.90 Å². The summed E-state index contributed by atoms with van der Waals surface area (Å²) in [7, 11) is 0. The Kier molecular flexibility index (Phi) is 6.36. The van der Waals surface area contributed by atoms with Gasteiger partial charge in [0.1, 0.15) is 11.6 Å². The van der Waals surface area contributed by atoms with Crippen LogP contribution in [0.1, 0.15) is 43.0 Å². The van der Waals surface area contributed by atoms with Gasteiger partial charge in [-0.05, 0) is 55.3 Å². The maximum absolute atomic E-state index is 13.9. The van der Waals surface area contributed by atoms with E-state index in [1.165, 1.54) is 18.2 Å². The van der Waals surface area contributed by atoms with Gasteiger partial charge in [-0.15, -0.1) is 0 Å². The van der Waals surface area contributed by atoms with Crippen LogP contribution in [0.25, 0.3) is 16.6 Å². The first-order chi connectivity index (χ1) is 15.9. The Morgan fingerprint density at radius 3 is 2.36 bits per heavy atom. The van der Waals surface area contributed by atoms with Gasteiger partial charge in [-0.1, -0.05) is 50.2 Å². The average Bonchev–Trinajstić information content (AvgIpc) is 2.82. The van der Waals surface area contributed by atoms with Crippen LogP contribution < -0.4 is 5.56 Å². The second-order valence-corrected chi connectivity index (χ2v) is 8.50. The highest BCUT2D eigenvalue weighted by molar-refractivity contribution is 5.94. The van der Waals surface area contributed by atoms with Crippen LogP contribution in [0.3, 0.4) is 0 Å². The molecule has 5 nitrogen and oxygen atoms in total. The zero-order valence-corrected chi connectivity index (χ0v) is 18.9. The Morgan fingerprint density at radius 1 is 0.970 bits per heavy atom. The van der Waals surface area contributed by atoms with Crippen LogP contribution in [-0.2, 0) is 0 Å². The van der Waals surface area contributed by atoms with Gasteiger partial charge in [-0.25, -0.2) is 9.37 Å². The topological polar surface area (TPSA) is 55.2 Å². The maximum atomic E-state index is 13.9. The molecule has 4 aromatic rings. The third-order valence-electron chi connectivity index (χ3n) is 5.55. The molecule has 0 spiro atoms. The lowest BCUT2D eigenvalue weighted by Gasteiger charge is -2.32. The van der Waals surface area contributed by atoms with Crippen LogP contribution in [-0.4, -0.2) is 26.9 Å². The summed E-state index contributed by atoms with van der Waals surface area (Å²) in [4.78, 5) is 33.5. The molecule has 0 N–H and O–H groups in total. The maximum Gasteiger partial charge on any atom is 0.266 e. The van der Waals surface area contributed by atoms with Gasteiger partial charge in [0.25, 0.3) is 11.5 Å². The number of nitrogens with zero attached hydrogens (tertiary/aromatic N) is 3. The Labute approximate surface area is 192 Å². The van der Waals surface area contributed by atoms with Crippen molar-refractivity contribution in [1.82, 2.24) is 14.5 Å². The molecule has 1 aromatic heterocycles. The van der Waals surface area contributed by atoms with Crippen LogP contribution in [0.4, 0.5) is 4.39 Å². The molecule has 0 aliphatic heterocycles. The fourth-order valence-corrected chi connectivity index (χ4v) is 3.99. The Bertz CT molecular complexity index is 1350. The predicted molar refractivity (Wildman–Crippen MR) is 128 cm³/mol. The van der Waals surface area contributed by atoms with Gasteiger partial charge in [0.2, 0.25) is 0 Å². The molecular formula is C27H26FN3O2. The second-order valence-electron chi connectivity index (χ2n) is 8.50. The van der Waals surface area contributed by atoms with E-state index in [9.17, 15) is 14.0 Å². The first kappa shape index (κ1) is 22.4. The number of aromatic nitrogens is 2. The minimum atomic E-state index is -0.541. The monoisotopic (exact) mass is 443 g/mol. The molecule has 6 heteroatoms. The number of hydrogen-bond acceptors (Lipinski definition) is 3. The smallest absolute Gasteiger partial charge is 0.266 e. The fourth-order valence-electron chi connectivity index (χ4n) is 3.99. The van der Waals surface area contributed by atoms with Crippen LogP contribution in [0.15, 0.2) is 83.7 Å². The summed E-state index contributed by atoms with van der Waals surface area (Å²) in [5.74, 6) is -0.168. The number of halogens is 1. The molecule has 168 valence electrons. The lowest BCUT2D eigenvalue weighted by atomic mass is 10.1. The summed E-state index contributed by atoms with van der Waals surface area (Å²) >= 11 is 0. The van der Waals surface area contributed by atoms with Gasteiger partial charge in [0, 0.05) is 12.1 Å². The van der Waals surface area contributed by atoms with Crippen molar-refractivity contribution in [1.29, 1.82) is 0 Å².